The van der Waals surface area contributed by atoms with Crippen LogP contribution in [0.2, 0.25) is 0 Å². The molecular formula is C13H21NO2S. The van der Waals surface area contributed by atoms with Crippen molar-refractivity contribution in [2.45, 2.75) is 24.3 Å². The molecule has 0 aliphatic rings. The number of aliphatic hydroxyl groups excluding tert-OH is 1. The zero-order valence-corrected chi connectivity index (χ0v) is 11.3. The Morgan fingerprint density at radius 2 is 2.06 bits per heavy atom. The van der Waals surface area contributed by atoms with Gasteiger partial charge < -0.3 is 15.2 Å². The van der Waals surface area contributed by atoms with Gasteiger partial charge in [0.25, 0.3) is 0 Å². The smallest absolute Gasteiger partial charge is 0.118 e. The maximum atomic E-state index is 9.22. The van der Waals surface area contributed by atoms with Gasteiger partial charge >= 0.3 is 0 Å². The minimum atomic E-state index is 0.169. The van der Waals surface area contributed by atoms with E-state index in [9.17, 15) is 5.11 Å². The first kappa shape index (κ1) is 14.4. The molecule has 2 N–H and O–H groups in total. The number of thioether (sulfide) groups is 1. The molecule has 3 nitrogen and oxygen atoms in total. The second-order valence-corrected chi connectivity index (χ2v) is 4.91. The van der Waals surface area contributed by atoms with Crippen LogP contribution in [0.15, 0.2) is 29.2 Å². The van der Waals surface area contributed by atoms with E-state index < -0.39 is 0 Å². The van der Waals surface area contributed by atoms with E-state index in [-0.39, 0.29) is 12.6 Å². The molecule has 0 fully saturated rings. The molecule has 4 heteroatoms. The highest BCUT2D eigenvalue weighted by molar-refractivity contribution is 7.99. The molecule has 1 unspecified atom stereocenters. The summed E-state index contributed by atoms with van der Waals surface area (Å²) in [5, 5.41) is 12.5. The van der Waals surface area contributed by atoms with E-state index in [2.05, 4.69) is 12.2 Å². The maximum absolute atomic E-state index is 9.22. The van der Waals surface area contributed by atoms with Gasteiger partial charge in [0.1, 0.15) is 5.75 Å². The van der Waals surface area contributed by atoms with Crippen molar-refractivity contribution in [3.8, 4) is 5.75 Å². The van der Waals surface area contributed by atoms with Crippen LogP contribution in [0.25, 0.3) is 0 Å². The summed E-state index contributed by atoms with van der Waals surface area (Å²) in [4.78, 5) is 1.20. The van der Waals surface area contributed by atoms with Crippen molar-refractivity contribution in [3.63, 3.8) is 0 Å². The maximum Gasteiger partial charge on any atom is 0.118 e. The fraction of sp³-hybridized carbons (Fsp3) is 0.538. The number of benzene rings is 1. The van der Waals surface area contributed by atoms with Gasteiger partial charge in [0.2, 0.25) is 0 Å². The van der Waals surface area contributed by atoms with Crippen molar-refractivity contribution in [2.24, 2.45) is 0 Å². The largest absolute Gasteiger partial charge is 0.497 e. The molecule has 1 atom stereocenters. The molecule has 0 saturated carbocycles. The lowest BCUT2D eigenvalue weighted by Crippen LogP contribution is -2.35. The van der Waals surface area contributed by atoms with Gasteiger partial charge in [0, 0.05) is 16.7 Å². The number of hydrogen-bond donors (Lipinski definition) is 2. The molecular weight excluding hydrogens is 234 g/mol. The van der Waals surface area contributed by atoms with Crippen molar-refractivity contribution in [1.29, 1.82) is 0 Å². The molecule has 0 aliphatic heterocycles. The zero-order chi connectivity index (χ0) is 12.5. The molecule has 17 heavy (non-hydrogen) atoms. The quantitative estimate of drug-likeness (QED) is 0.698. The third-order valence-corrected chi connectivity index (χ3v) is 3.59. The molecule has 1 rings (SSSR count). The van der Waals surface area contributed by atoms with Gasteiger partial charge in [0.05, 0.1) is 13.7 Å². The summed E-state index contributed by atoms with van der Waals surface area (Å²) in [5.41, 5.74) is 0. The van der Waals surface area contributed by atoms with Crippen molar-refractivity contribution >= 4 is 11.8 Å². The van der Waals surface area contributed by atoms with Crippen LogP contribution < -0.4 is 10.1 Å². The molecule has 1 aromatic carbocycles. The van der Waals surface area contributed by atoms with Crippen molar-refractivity contribution in [1.82, 2.24) is 5.32 Å². The van der Waals surface area contributed by atoms with E-state index in [4.69, 9.17) is 4.74 Å². The highest BCUT2D eigenvalue weighted by Gasteiger charge is 2.06. The van der Waals surface area contributed by atoms with Gasteiger partial charge in [-0.25, -0.2) is 0 Å². The Hall–Kier alpha value is -0.710. The van der Waals surface area contributed by atoms with Crippen LogP contribution in [0, 0.1) is 0 Å². The third kappa shape index (κ3) is 5.44. The van der Waals surface area contributed by atoms with Gasteiger partial charge in [-0.2, -0.15) is 0 Å². The molecule has 0 aromatic heterocycles. The normalized spacial score (nSPS) is 12.4. The lowest BCUT2D eigenvalue weighted by atomic mass is 10.3. The summed E-state index contributed by atoms with van der Waals surface area (Å²) in [6.45, 7) is 3.26. The summed E-state index contributed by atoms with van der Waals surface area (Å²) >= 11 is 1.74. The topological polar surface area (TPSA) is 41.5 Å². The average molecular weight is 255 g/mol. The first-order chi connectivity index (χ1) is 8.30. The Bertz CT molecular complexity index is 303. The Labute approximate surface area is 108 Å². The minimum Gasteiger partial charge on any atom is -0.497 e. The molecule has 0 heterocycles. The van der Waals surface area contributed by atoms with E-state index in [0.29, 0.717) is 0 Å². The van der Waals surface area contributed by atoms with Gasteiger partial charge in [-0.15, -0.1) is 11.8 Å². The van der Waals surface area contributed by atoms with E-state index in [1.807, 2.05) is 24.3 Å². The van der Waals surface area contributed by atoms with Gasteiger partial charge in [0.15, 0.2) is 0 Å². The van der Waals surface area contributed by atoms with Crippen LogP contribution in [0.5, 0.6) is 5.75 Å². The van der Waals surface area contributed by atoms with Crippen molar-refractivity contribution in [2.75, 3.05) is 26.0 Å². The van der Waals surface area contributed by atoms with Crippen LogP contribution in [-0.2, 0) is 0 Å². The van der Waals surface area contributed by atoms with Crippen molar-refractivity contribution < 1.29 is 9.84 Å². The van der Waals surface area contributed by atoms with E-state index >= 15 is 0 Å². The lowest BCUT2D eigenvalue weighted by Gasteiger charge is -2.15. The standard InChI is InChI=1S/C13H21NO2S/c1-3-8-14-11(9-15)10-17-13-6-4-12(16-2)5-7-13/h4-7,11,14-15H,3,8-10H2,1-2H3. The van der Waals surface area contributed by atoms with Crippen molar-refractivity contribution in [3.05, 3.63) is 24.3 Å². The second-order valence-electron chi connectivity index (χ2n) is 3.82. The van der Waals surface area contributed by atoms with Gasteiger partial charge in [-0.05, 0) is 37.2 Å². The summed E-state index contributed by atoms with van der Waals surface area (Å²) < 4.78 is 5.11. The molecule has 0 saturated heterocycles. The van der Waals surface area contributed by atoms with E-state index in [1.54, 1.807) is 18.9 Å². The molecule has 1 aromatic rings. The van der Waals surface area contributed by atoms with Crippen LogP contribution >= 0.6 is 11.8 Å². The fourth-order valence-electron chi connectivity index (χ4n) is 1.39. The van der Waals surface area contributed by atoms with E-state index in [1.165, 1.54) is 4.90 Å². The molecule has 0 bridgehead atoms. The number of rotatable bonds is 8. The van der Waals surface area contributed by atoms with E-state index in [0.717, 1.165) is 24.5 Å². The predicted molar refractivity (Wildman–Crippen MR) is 72.9 cm³/mol. The van der Waals surface area contributed by atoms with Crippen LogP contribution in [0.4, 0.5) is 0 Å². The number of aliphatic hydroxyl groups is 1. The van der Waals surface area contributed by atoms with Gasteiger partial charge in [-0.1, -0.05) is 6.92 Å². The first-order valence-corrected chi connectivity index (χ1v) is 6.89. The second kappa shape index (κ2) is 8.39. The highest BCUT2D eigenvalue weighted by atomic mass is 32.2. The Morgan fingerprint density at radius 1 is 1.35 bits per heavy atom. The molecule has 0 amide bonds. The Kier molecular flexibility index (Phi) is 7.08. The van der Waals surface area contributed by atoms with Gasteiger partial charge in [-0.3, -0.25) is 0 Å². The third-order valence-electron chi connectivity index (χ3n) is 2.41. The Morgan fingerprint density at radius 3 is 2.59 bits per heavy atom. The average Bonchev–Trinajstić information content (AvgIpc) is 2.39. The summed E-state index contributed by atoms with van der Waals surface area (Å²) in [5.74, 6) is 1.75. The number of ether oxygens (including phenoxy) is 1. The fourth-order valence-corrected chi connectivity index (χ4v) is 2.34. The number of nitrogens with one attached hydrogen (secondary N) is 1. The molecule has 0 aliphatic carbocycles. The molecule has 96 valence electrons. The zero-order valence-electron chi connectivity index (χ0n) is 10.5. The highest BCUT2D eigenvalue weighted by Crippen LogP contribution is 2.21. The van der Waals surface area contributed by atoms with Crippen LogP contribution in [-0.4, -0.2) is 37.2 Å². The lowest BCUT2D eigenvalue weighted by molar-refractivity contribution is 0.254. The number of methoxy groups -OCH3 is 1. The summed E-state index contributed by atoms with van der Waals surface area (Å²) in [6.07, 6.45) is 1.09. The summed E-state index contributed by atoms with van der Waals surface area (Å²) in [7, 11) is 1.67. The molecule has 0 spiro atoms. The predicted octanol–water partition coefficient (Wildman–Crippen LogP) is 2.15. The van der Waals surface area contributed by atoms with Crippen LogP contribution in [0.3, 0.4) is 0 Å². The first-order valence-electron chi connectivity index (χ1n) is 5.91. The monoisotopic (exact) mass is 255 g/mol. The number of hydrogen-bond acceptors (Lipinski definition) is 4. The minimum absolute atomic E-state index is 0.169. The van der Waals surface area contributed by atoms with Crippen LogP contribution in [0.1, 0.15) is 13.3 Å². The SMILES string of the molecule is CCCNC(CO)CSc1ccc(OC)cc1. The molecule has 0 radical (unpaired) electrons. The Balaban J connectivity index is 2.36. The summed E-state index contributed by atoms with van der Waals surface area (Å²) in [6, 6.07) is 8.16.